The van der Waals surface area contributed by atoms with Gasteiger partial charge in [-0.2, -0.15) is 0 Å². The summed E-state index contributed by atoms with van der Waals surface area (Å²) in [4.78, 5) is 20.6. The number of para-hydroxylation sites is 2. The summed E-state index contributed by atoms with van der Waals surface area (Å²) >= 11 is 0. The first-order valence-corrected chi connectivity index (χ1v) is 6.49. The van der Waals surface area contributed by atoms with Gasteiger partial charge in [0.25, 0.3) is 0 Å². The van der Waals surface area contributed by atoms with Gasteiger partial charge in [-0.3, -0.25) is 4.79 Å². The third kappa shape index (κ3) is 2.81. The monoisotopic (exact) mass is 256 g/mol. The molecule has 98 valence electrons. The number of benzene rings is 1. The van der Waals surface area contributed by atoms with Crippen LogP contribution in [0.2, 0.25) is 0 Å². The Morgan fingerprint density at radius 2 is 1.95 bits per heavy atom. The number of carbonyl (C=O) groups excluding carboxylic acids is 1. The molecule has 3 rings (SSSR count). The molecule has 1 aromatic heterocycles. The number of hydrogen-bond donors (Lipinski definition) is 2. The highest BCUT2D eigenvalue weighted by Gasteiger charge is 2.22. The number of fused-ring (bicyclic) bond motifs is 1. The van der Waals surface area contributed by atoms with Crippen molar-refractivity contribution in [2.75, 3.05) is 11.9 Å². The normalized spacial score (nSPS) is 14.4. The lowest BCUT2D eigenvalue weighted by Crippen LogP contribution is -2.31. The van der Waals surface area contributed by atoms with Crippen LogP contribution in [0.3, 0.4) is 0 Å². The summed E-state index contributed by atoms with van der Waals surface area (Å²) in [6.07, 6.45) is 2.20. The van der Waals surface area contributed by atoms with E-state index in [2.05, 4.69) is 20.6 Å². The van der Waals surface area contributed by atoms with Gasteiger partial charge in [-0.05, 0) is 31.9 Å². The lowest BCUT2D eigenvalue weighted by molar-refractivity contribution is -0.119. The zero-order valence-corrected chi connectivity index (χ0v) is 10.8. The molecule has 0 aliphatic heterocycles. The second kappa shape index (κ2) is 4.84. The molecule has 2 N–H and O–H groups in total. The highest BCUT2D eigenvalue weighted by molar-refractivity contribution is 5.82. The van der Waals surface area contributed by atoms with Crippen LogP contribution in [0.4, 0.5) is 5.82 Å². The largest absolute Gasteiger partial charge is 0.359 e. The van der Waals surface area contributed by atoms with Crippen molar-refractivity contribution in [3.63, 3.8) is 0 Å². The van der Waals surface area contributed by atoms with Crippen LogP contribution in [0.25, 0.3) is 11.0 Å². The lowest BCUT2D eigenvalue weighted by Gasteiger charge is -2.09. The standard InChI is InChI=1S/C14H16N4O/c1-9-14(15-8-13(19)17-10-6-7-10)18-12-5-3-2-4-11(12)16-9/h2-5,10H,6-8H2,1H3,(H,15,18)(H,17,19). The quantitative estimate of drug-likeness (QED) is 0.872. The van der Waals surface area contributed by atoms with E-state index in [1.54, 1.807) is 0 Å². The molecule has 0 spiro atoms. The number of aryl methyl sites for hydroxylation is 1. The highest BCUT2D eigenvalue weighted by Crippen LogP contribution is 2.18. The Balaban J connectivity index is 1.72. The van der Waals surface area contributed by atoms with E-state index in [9.17, 15) is 4.79 Å². The lowest BCUT2D eigenvalue weighted by atomic mass is 10.3. The van der Waals surface area contributed by atoms with Crippen LogP contribution in [-0.2, 0) is 4.79 Å². The van der Waals surface area contributed by atoms with E-state index in [4.69, 9.17) is 0 Å². The summed E-state index contributed by atoms with van der Waals surface area (Å²) < 4.78 is 0. The Labute approximate surface area is 111 Å². The summed E-state index contributed by atoms with van der Waals surface area (Å²) in [6, 6.07) is 8.09. The molecule has 0 radical (unpaired) electrons. The van der Waals surface area contributed by atoms with E-state index in [1.807, 2.05) is 31.2 Å². The van der Waals surface area contributed by atoms with Gasteiger partial charge in [-0.15, -0.1) is 0 Å². The molecule has 1 amide bonds. The summed E-state index contributed by atoms with van der Waals surface area (Å²) in [7, 11) is 0. The van der Waals surface area contributed by atoms with Gasteiger partial charge in [0.15, 0.2) is 0 Å². The molecule has 0 unspecified atom stereocenters. The Kier molecular flexibility index (Phi) is 3.03. The fourth-order valence-corrected chi connectivity index (χ4v) is 1.93. The summed E-state index contributed by atoms with van der Waals surface area (Å²) in [5, 5.41) is 5.98. The molecule has 1 aromatic carbocycles. The minimum atomic E-state index is 0.0110. The zero-order chi connectivity index (χ0) is 13.2. The third-order valence-electron chi connectivity index (χ3n) is 3.10. The number of carbonyl (C=O) groups is 1. The fraction of sp³-hybridized carbons (Fsp3) is 0.357. The van der Waals surface area contributed by atoms with Gasteiger partial charge < -0.3 is 10.6 Å². The Morgan fingerprint density at radius 3 is 2.63 bits per heavy atom. The molecule has 5 nitrogen and oxygen atoms in total. The number of nitrogens with one attached hydrogen (secondary N) is 2. The van der Waals surface area contributed by atoms with Gasteiger partial charge in [0.05, 0.1) is 23.3 Å². The van der Waals surface area contributed by atoms with Gasteiger partial charge >= 0.3 is 0 Å². The van der Waals surface area contributed by atoms with Crippen LogP contribution in [0.15, 0.2) is 24.3 Å². The van der Waals surface area contributed by atoms with Gasteiger partial charge in [0.1, 0.15) is 5.82 Å². The molecular weight excluding hydrogens is 240 g/mol. The smallest absolute Gasteiger partial charge is 0.239 e. The summed E-state index contributed by atoms with van der Waals surface area (Å²) in [5.41, 5.74) is 2.50. The maximum atomic E-state index is 11.6. The number of aromatic nitrogens is 2. The number of amides is 1. The van der Waals surface area contributed by atoms with Gasteiger partial charge in [-0.25, -0.2) is 9.97 Å². The maximum absolute atomic E-state index is 11.6. The minimum Gasteiger partial charge on any atom is -0.359 e. The Morgan fingerprint density at radius 1 is 1.26 bits per heavy atom. The van der Waals surface area contributed by atoms with E-state index in [0.29, 0.717) is 11.9 Å². The van der Waals surface area contributed by atoms with Crippen molar-refractivity contribution in [2.24, 2.45) is 0 Å². The molecule has 1 saturated carbocycles. The van der Waals surface area contributed by atoms with Crippen LogP contribution >= 0.6 is 0 Å². The highest BCUT2D eigenvalue weighted by atomic mass is 16.2. The van der Waals surface area contributed by atoms with Crippen molar-refractivity contribution >= 4 is 22.8 Å². The van der Waals surface area contributed by atoms with Crippen molar-refractivity contribution < 1.29 is 4.79 Å². The molecule has 0 atom stereocenters. The van der Waals surface area contributed by atoms with E-state index in [-0.39, 0.29) is 12.5 Å². The number of rotatable bonds is 4. The fourth-order valence-electron chi connectivity index (χ4n) is 1.93. The molecule has 1 aliphatic rings. The molecule has 2 aromatic rings. The Bertz CT molecular complexity index is 622. The average Bonchev–Trinajstić information content (AvgIpc) is 3.20. The molecule has 0 saturated heterocycles. The molecular formula is C14H16N4O. The van der Waals surface area contributed by atoms with Crippen molar-refractivity contribution in [2.45, 2.75) is 25.8 Å². The van der Waals surface area contributed by atoms with E-state index < -0.39 is 0 Å². The van der Waals surface area contributed by atoms with Crippen LogP contribution in [0.1, 0.15) is 18.5 Å². The van der Waals surface area contributed by atoms with E-state index >= 15 is 0 Å². The number of hydrogen-bond acceptors (Lipinski definition) is 4. The second-order valence-corrected chi connectivity index (χ2v) is 4.84. The number of anilines is 1. The van der Waals surface area contributed by atoms with Crippen LogP contribution in [0.5, 0.6) is 0 Å². The van der Waals surface area contributed by atoms with E-state index in [0.717, 1.165) is 29.6 Å². The maximum Gasteiger partial charge on any atom is 0.239 e. The molecule has 5 heteroatoms. The van der Waals surface area contributed by atoms with Crippen molar-refractivity contribution in [1.82, 2.24) is 15.3 Å². The second-order valence-electron chi connectivity index (χ2n) is 4.84. The predicted octanol–water partition coefficient (Wildman–Crippen LogP) is 1.63. The molecule has 1 heterocycles. The predicted molar refractivity (Wildman–Crippen MR) is 73.9 cm³/mol. The van der Waals surface area contributed by atoms with Crippen molar-refractivity contribution in [3.8, 4) is 0 Å². The Hall–Kier alpha value is -2.17. The summed E-state index contributed by atoms with van der Waals surface area (Å²) in [5.74, 6) is 0.682. The van der Waals surface area contributed by atoms with Gasteiger partial charge in [0, 0.05) is 6.04 Å². The third-order valence-corrected chi connectivity index (χ3v) is 3.10. The number of nitrogens with zero attached hydrogens (tertiary/aromatic N) is 2. The van der Waals surface area contributed by atoms with Crippen LogP contribution in [-0.4, -0.2) is 28.5 Å². The van der Waals surface area contributed by atoms with Crippen LogP contribution in [0, 0.1) is 6.92 Å². The van der Waals surface area contributed by atoms with Crippen molar-refractivity contribution in [1.29, 1.82) is 0 Å². The zero-order valence-electron chi connectivity index (χ0n) is 10.8. The average molecular weight is 256 g/mol. The van der Waals surface area contributed by atoms with Gasteiger partial charge in [-0.1, -0.05) is 12.1 Å². The van der Waals surface area contributed by atoms with Gasteiger partial charge in [0.2, 0.25) is 5.91 Å². The first kappa shape index (κ1) is 11.9. The van der Waals surface area contributed by atoms with Crippen molar-refractivity contribution in [3.05, 3.63) is 30.0 Å². The van der Waals surface area contributed by atoms with E-state index in [1.165, 1.54) is 0 Å². The van der Waals surface area contributed by atoms with Crippen LogP contribution < -0.4 is 10.6 Å². The molecule has 1 aliphatic carbocycles. The summed E-state index contributed by atoms with van der Waals surface area (Å²) in [6.45, 7) is 2.13. The topological polar surface area (TPSA) is 66.9 Å². The molecule has 1 fully saturated rings. The SMILES string of the molecule is Cc1nc2ccccc2nc1NCC(=O)NC1CC1. The molecule has 0 bridgehead atoms. The first-order chi connectivity index (χ1) is 9.22. The first-order valence-electron chi connectivity index (χ1n) is 6.49. The molecule has 19 heavy (non-hydrogen) atoms. The minimum absolute atomic E-state index is 0.0110.